The van der Waals surface area contributed by atoms with Gasteiger partial charge in [0.25, 0.3) is 5.91 Å². The summed E-state index contributed by atoms with van der Waals surface area (Å²) in [5.74, 6) is -0.356. The van der Waals surface area contributed by atoms with Crippen LogP contribution in [-0.2, 0) is 0 Å². The Balaban J connectivity index is 2.14. The molecule has 2 heterocycles. The second-order valence-corrected chi connectivity index (χ2v) is 3.22. The maximum atomic E-state index is 11.5. The third-order valence-electron chi connectivity index (χ3n) is 1.49. The number of amides is 1. The van der Waals surface area contributed by atoms with Gasteiger partial charge >= 0.3 is 0 Å². The summed E-state index contributed by atoms with van der Waals surface area (Å²) in [7, 11) is 0. The van der Waals surface area contributed by atoms with Crippen LogP contribution in [0.1, 0.15) is 10.5 Å². The van der Waals surface area contributed by atoms with Crippen LogP contribution in [0, 0.1) is 0 Å². The quantitative estimate of drug-likeness (QED) is 0.651. The van der Waals surface area contributed by atoms with Crippen LogP contribution in [0.2, 0.25) is 0 Å². The van der Waals surface area contributed by atoms with Crippen molar-refractivity contribution in [2.75, 3.05) is 11.1 Å². The average molecular weight is 210 g/mol. The molecular formula is C6H6N6OS. The summed E-state index contributed by atoms with van der Waals surface area (Å²) < 4.78 is 3.60. The Labute approximate surface area is 82.5 Å². The highest BCUT2D eigenvalue weighted by atomic mass is 32.1. The van der Waals surface area contributed by atoms with Crippen LogP contribution in [0.3, 0.4) is 0 Å². The van der Waals surface area contributed by atoms with Gasteiger partial charge in [0.15, 0.2) is 0 Å². The van der Waals surface area contributed by atoms with Gasteiger partial charge in [-0.05, 0) is 0 Å². The monoisotopic (exact) mass is 210 g/mol. The van der Waals surface area contributed by atoms with Gasteiger partial charge in [-0.25, -0.2) is 0 Å². The van der Waals surface area contributed by atoms with Gasteiger partial charge in [-0.2, -0.15) is 5.10 Å². The Bertz CT molecular complexity index is 435. The van der Waals surface area contributed by atoms with Gasteiger partial charge in [0.1, 0.15) is 10.7 Å². The molecule has 0 aromatic carbocycles. The fourth-order valence-electron chi connectivity index (χ4n) is 0.874. The van der Waals surface area contributed by atoms with Crippen molar-refractivity contribution in [3.63, 3.8) is 0 Å². The highest BCUT2D eigenvalue weighted by Crippen LogP contribution is 2.13. The molecule has 2 rings (SSSR count). The zero-order valence-electron chi connectivity index (χ0n) is 6.89. The maximum absolute atomic E-state index is 11.5. The number of nitrogens with two attached hydrogens (primary N) is 1. The molecule has 0 spiro atoms. The highest BCUT2D eigenvalue weighted by Gasteiger charge is 2.12. The number of carbonyl (C=O) groups is 1. The van der Waals surface area contributed by atoms with Crippen molar-refractivity contribution < 1.29 is 4.79 Å². The standard InChI is InChI=1S/C6H6N6OS/c7-3-1-8-11-5(3)6(13)10-4-2-9-12-14-4/h1-2H,7H2,(H,8,11)(H,10,13). The number of H-pyrrole nitrogens is 1. The lowest BCUT2D eigenvalue weighted by atomic mass is 10.3. The molecule has 0 saturated heterocycles. The van der Waals surface area contributed by atoms with Gasteiger partial charge in [0.05, 0.1) is 18.1 Å². The molecule has 14 heavy (non-hydrogen) atoms. The Hall–Kier alpha value is -1.96. The number of carbonyl (C=O) groups excluding carboxylic acids is 1. The summed E-state index contributed by atoms with van der Waals surface area (Å²) in [5.41, 5.74) is 6.03. The molecule has 2 aromatic rings. The SMILES string of the molecule is Nc1cn[nH]c1C(=O)Nc1cnns1. The van der Waals surface area contributed by atoms with E-state index in [1.807, 2.05) is 0 Å². The van der Waals surface area contributed by atoms with E-state index in [2.05, 4.69) is 25.1 Å². The minimum atomic E-state index is -0.356. The molecule has 0 aliphatic rings. The molecule has 7 nitrogen and oxygen atoms in total. The molecule has 0 radical (unpaired) electrons. The third kappa shape index (κ3) is 1.55. The largest absolute Gasteiger partial charge is 0.396 e. The Kier molecular flexibility index (Phi) is 2.11. The van der Waals surface area contributed by atoms with E-state index in [0.29, 0.717) is 10.7 Å². The smallest absolute Gasteiger partial charge is 0.276 e. The number of nitrogens with zero attached hydrogens (tertiary/aromatic N) is 3. The number of nitrogen functional groups attached to an aromatic ring is 1. The molecule has 0 aliphatic heterocycles. The Morgan fingerprint density at radius 1 is 1.57 bits per heavy atom. The molecule has 0 saturated carbocycles. The van der Waals surface area contributed by atoms with E-state index in [1.54, 1.807) is 0 Å². The van der Waals surface area contributed by atoms with Crippen molar-refractivity contribution in [1.82, 2.24) is 19.8 Å². The first-order chi connectivity index (χ1) is 6.77. The minimum Gasteiger partial charge on any atom is -0.396 e. The van der Waals surface area contributed by atoms with Crippen molar-refractivity contribution in [2.45, 2.75) is 0 Å². The topological polar surface area (TPSA) is 110 Å². The highest BCUT2D eigenvalue weighted by molar-refractivity contribution is 7.10. The van der Waals surface area contributed by atoms with Crippen molar-refractivity contribution >= 4 is 28.1 Å². The van der Waals surface area contributed by atoms with Crippen LogP contribution in [0.15, 0.2) is 12.4 Å². The number of nitrogens with one attached hydrogen (secondary N) is 2. The van der Waals surface area contributed by atoms with Crippen LogP contribution < -0.4 is 11.1 Å². The summed E-state index contributed by atoms with van der Waals surface area (Å²) in [4.78, 5) is 11.5. The number of anilines is 2. The normalized spacial score (nSPS) is 10.0. The van der Waals surface area contributed by atoms with Gasteiger partial charge in [-0.3, -0.25) is 9.89 Å². The molecule has 0 aliphatic carbocycles. The predicted octanol–water partition coefficient (Wildman–Crippen LogP) is 0.0957. The molecule has 4 N–H and O–H groups in total. The lowest BCUT2D eigenvalue weighted by Gasteiger charge is -1.98. The minimum absolute atomic E-state index is 0.235. The van der Waals surface area contributed by atoms with Gasteiger partial charge < -0.3 is 11.1 Å². The Morgan fingerprint density at radius 2 is 2.43 bits per heavy atom. The van der Waals surface area contributed by atoms with Gasteiger partial charge in [0, 0.05) is 11.5 Å². The predicted molar refractivity (Wildman–Crippen MR) is 50.9 cm³/mol. The van der Waals surface area contributed by atoms with Crippen molar-refractivity contribution in [1.29, 1.82) is 0 Å². The van der Waals surface area contributed by atoms with Gasteiger partial charge in [-0.15, -0.1) is 5.10 Å². The molecule has 2 aromatic heterocycles. The van der Waals surface area contributed by atoms with Crippen LogP contribution in [0.25, 0.3) is 0 Å². The maximum Gasteiger partial charge on any atom is 0.276 e. The Morgan fingerprint density at radius 3 is 3.00 bits per heavy atom. The van der Waals surface area contributed by atoms with Crippen LogP contribution in [-0.4, -0.2) is 25.7 Å². The lowest BCUT2D eigenvalue weighted by molar-refractivity contribution is 0.102. The number of rotatable bonds is 2. The van der Waals surface area contributed by atoms with Crippen molar-refractivity contribution in [3.8, 4) is 0 Å². The van der Waals surface area contributed by atoms with E-state index in [-0.39, 0.29) is 11.6 Å². The van der Waals surface area contributed by atoms with Crippen molar-refractivity contribution in [2.24, 2.45) is 0 Å². The van der Waals surface area contributed by atoms with E-state index in [1.165, 1.54) is 12.4 Å². The van der Waals surface area contributed by atoms with Crippen LogP contribution >= 0.6 is 11.5 Å². The van der Waals surface area contributed by atoms with Crippen LogP contribution in [0.4, 0.5) is 10.7 Å². The van der Waals surface area contributed by atoms with E-state index in [0.717, 1.165) is 11.5 Å². The van der Waals surface area contributed by atoms with E-state index >= 15 is 0 Å². The van der Waals surface area contributed by atoms with Crippen LogP contribution in [0.5, 0.6) is 0 Å². The molecule has 1 amide bonds. The first-order valence-electron chi connectivity index (χ1n) is 3.65. The van der Waals surface area contributed by atoms with E-state index in [9.17, 15) is 4.79 Å². The summed E-state index contributed by atoms with van der Waals surface area (Å²) in [5, 5.41) is 12.8. The molecular weight excluding hydrogens is 204 g/mol. The summed E-state index contributed by atoms with van der Waals surface area (Å²) >= 11 is 1.09. The van der Waals surface area contributed by atoms with E-state index in [4.69, 9.17) is 5.73 Å². The molecule has 0 atom stereocenters. The fourth-order valence-corrected chi connectivity index (χ4v) is 1.29. The first kappa shape index (κ1) is 8.63. The zero-order valence-corrected chi connectivity index (χ0v) is 7.71. The van der Waals surface area contributed by atoms with E-state index < -0.39 is 0 Å². The number of aromatic amines is 1. The molecule has 72 valence electrons. The molecule has 0 fully saturated rings. The zero-order chi connectivity index (χ0) is 9.97. The fraction of sp³-hybridized carbons (Fsp3) is 0. The molecule has 0 unspecified atom stereocenters. The van der Waals surface area contributed by atoms with Crippen molar-refractivity contribution in [3.05, 3.63) is 18.1 Å². The average Bonchev–Trinajstić information content (AvgIpc) is 2.75. The van der Waals surface area contributed by atoms with Gasteiger partial charge in [0.2, 0.25) is 0 Å². The number of aromatic nitrogens is 4. The number of hydrogen-bond acceptors (Lipinski definition) is 6. The summed E-state index contributed by atoms with van der Waals surface area (Å²) in [6.07, 6.45) is 2.83. The second kappa shape index (κ2) is 3.42. The third-order valence-corrected chi connectivity index (χ3v) is 2.07. The number of hydrogen-bond donors (Lipinski definition) is 3. The second-order valence-electron chi connectivity index (χ2n) is 2.44. The molecule has 8 heteroatoms. The summed E-state index contributed by atoms with van der Waals surface area (Å²) in [6, 6.07) is 0. The molecule has 0 bridgehead atoms. The summed E-state index contributed by atoms with van der Waals surface area (Å²) in [6.45, 7) is 0. The lowest BCUT2D eigenvalue weighted by Crippen LogP contribution is -2.13. The van der Waals surface area contributed by atoms with Gasteiger partial charge in [-0.1, -0.05) is 4.49 Å². The first-order valence-corrected chi connectivity index (χ1v) is 4.42.